The van der Waals surface area contributed by atoms with Crippen LogP contribution in [0.4, 0.5) is 5.69 Å². The van der Waals surface area contributed by atoms with Crippen molar-refractivity contribution in [2.45, 2.75) is 51.1 Å². The standard InChI is InChI=1S/C20H24N4O.ClH/c1-13-10-11-21-19(22-13)14-6-8-16(9-7-14)23-20(25)18-12-15-4-2-3-5-17(15)24-18;/h6-11,15,17-18,24H,2-5,12H2,1H3,(H,23,25);1H. The van der Waals surface area contributed by atoms with Crippen molar-refractivity contribution >= 4 is 24.0 Å². The molecule has 1 amide bonds. The zero-order chi connectivity index (χ0) is 17.2. The van der Waals surface area contributed by atoms with Crippen LogP contribution in [0.5, 0.6) is 0 Å². The number of aryl methyl sites for hydroxylation is 1. The van der Waals surface area contributed by atoms with E-state index in [-0.39, 0.29) is 24.4 Å². The fraction of sp³-hybridized carbons (Fsp3) is 0.450. The SMILES string of the molecule is Cc1ccnc(-c2ccc(NC(=O)C3CC4CCCCC4N3)cc2)n1.Cl. The summed E-state index contributed by atoms with van der Waals surface area (Å²) in [6.45, 7) is 1.95. The molecule has 2 aromatic rings. The highest BCUT2D eigenvalue weighted by molar-refractivity contribution is 5.95. The van der Waals surface area contributed by atoms with Crippen molar-refractivity contribution in [3.63, 3.8) is 0 Å². The molecule has 0 radical (unpaired) electrons. The maximum absolute atomic E-state index is 12.6. The van der Waals surface area contributed by atoms with Gasteiger partial charge in [-0.15, -0.1) is 12.4 Å². The summed E-state index contributed by atoms with van der Waals surface area (Å²) in [4.78, 5) is 21.3. The fourth-order valence-electron chi connectivity index (χ4n) is 4.04. The van der Waals surface area contributed by atoms with Crippen molar-refractivity contribution in [2.75, 3.05) is 5.32 Å². The molecule has 1 saturated heterocycles. The number of benzene rings is 1. The van der Waals surface area contributed by atoms with Gasteiger partial charge < -0.3 is 10.6 Å². The number of carbonyl (C=O) groups excluding carboxylic acids is 1. The van der Waals surface area contributed by atoms with Gasteiger partial charge >= 0.3 is 0 Å². The van der Waals surface area contributed by atoms with E-state index in [2.05, 4.69) is 20.6 Å². The summed E-state index contributed by atoms with van der Waals surface area (Å²) < 4.78 is 0. The minimum atomic E-state index is -0.0621. The van der Waals surface area contributed by atoms with Gasteiger partial charge in [-0.3, -0.25) is 4.79 Å². The smallest absolute Gasteiger partial charge is 0.241 e. The third-order valence-corrected chi connectivity index (χ3v) is 5.38. The molecule has 2 aliphatic rings. The third kappa shape index (κ3) is 4.05. The van der Waals surface area contributed by atoms with Crippen molar-refractivity contribution in [1.82, 2.24) is 15.3 Å². The predicted molar refractivity (Wildman–Crippen MR) is 105 cm³/mol. The van der Waals surface area contributed by atoms with Crippen molar-refractivity contribution in [2.24, 2.45) is 5.92 Å². The van der Waals surface area contributed by atoms with Crippen LogP contribution in [-0.2, 0) is 4.79 Å². The van der Waals surface area contributed by atoms with Crippen LogP contribution in [0.25, 0.3) is 11.4 Å². The molecule has 2 heterocycles. The molecule has 2 N–H and O–H groups in total. The molecule has 3 unspecified atom stereocenters. The monoisotopic (exact) mass is 372 g/mol. The van der Waals surface area contributed by atoms with Gasteiger partial charge in [-0.2, -0.15) is 0 Å². The first-order chi connectivity index (χ1) is 12.2. The van der Waals surface area contributed by atoms with E-state index >= 15 is 0 Å². The summed E-state index contributed by atoms with van der Waals surface area (Å²) in [6.07, 6.45) is 7.78. The first-order valence-corrected chi connectivity index (χ1v) is 9.16. The van der Waals surface area contributed by atoms with Crippen LogP contribution in [0.3, 0.4) is 0 Å². The summed E-state index contributed by atoms with van der Waals surface area (Å²) in [7, 11) is 0. The Morgan fingerprint density at radius 2 is 1.92 bits per heavy atom. The Balaban J connectivity index is 0.00000196. The number of rotatable bonds is 3. The molecule has 1 aliphatic heterocycles. The van der Waals surface area contributed by atoms with Crippen LogP contribution in [0, 0.1) is 12.8 Å². The van der Waals surface area contributed by atoms with Crippen molar-refractivity contribution < 1.29 is 4.79 Å². The Morgan fingerprint density at radius 1 is 1.15 bits per heavy atom. The Bertz CT molecular complexity index is 751. The molecule has 1 aromatic carbocycles. The summed E-state index contributed by atoms with van der Waals surface area (Å²) in [6, 6.07) is 10.1. The number of nitrogens with zero attached hydrogens (tertiary/aromatic N) is 2. The number of anilines is 1. The highest BCUT2D eigenvalue weighted by atomic mass is 35.5. The van der Waals surface area contributed by atoms with Crippen LogP contribution < -0.4 is 10.6 Å². The number of carbonyl (C=O) groups is 1. The Labute approximate surface area is 160 Å². The van der Waals surface area contributed by atoms with Crippen LogP contribution in [0.2, 0.25) is 0 Å². The Morgan fingerprint density at radius 3 is 2.65 bits per heavy atom. The van der Waals surface area contributed by atoms with Crippen molar-refractivity contribution in [1.29, 1.82) is 0 Å². The maximum Gasteiger partial charge on any atom is 0.241 e. The normalized spacial score (nSPS) is 24.4. The highest BCUT2D eigenvalue weighted by Crippen LogP contribution is 2.33. The molecule has 1 saturated carbocycles. The quantitative estimate of drug-likeness (QED) is 0.861. The summed E-state index contributed by atoms with van der Waals surface area (Å²) in [5.74, 6) is 1.46. The van der Waals surface area contributed by atoms with Gasteiger partial charge in [0, 0.05) is 29.2 Å². The molecule has 26 heavy (non-hydrogen) atoms. The number of hydrogen-bond donors (Lipinski definition) is 2. The first-order valence-electron chi connectivity index (χ1n) is 9.16. The molecule has 5 nitrogen and oxygen atoms in total. The molecule has 6 heteroatoms. The molecule has 138 valence electrons. The number of amides is 1. The highest BCUT2D eigenvalue weighted by Gasteiger charge is 2.38. The minimum absolute atomic E-state index is 0. The number of aromatic nitrogens is 2. The van der Waals surface area contributed by atoms with Gasteiger partial charge in [0.15, 0.2) is 5.82 Å². The van der Waals surface area contributed by atoms with Crippen LogP contribution in [0.1, 0.15) is 37.8 Å². The summed E-state index contributed by atoms with van der Waals surface area (Å²) in [5.41, 5.74) is 2.71. The number of fused-ring (bicyclic) bond motifs is 1. The molecule has 0 bridgehead atoms. The van der Waals surface area contributed by atoms with Gasteiger partial charge in [-0.05, 0) is 62.4 Å². The van der Waals surface area contributed by atoms with Crippen LogP contribution >= 0.6 is 12.4 Å². The topological polar surface area (TPSA) is 66.9 Å². The molecular formula is C20H25ClN4O. The van der Waals surface area contributed by atoms with Gasteiger partial charge in [0.25, 0.3) is 0 Å². The number of nitrogens with one attached hydrogen (secondary N) is 2. The van der Waals surface area contributed by atoms with Crippen molar-refractivity contribution in [3.05, 3.63) is 42.2 Å². The second kappa shape index (κ2) is 8.14. The Kier molecular flexibility index (Phi) is 5.89. The fourth-order valence-corrected chi connectivity index (χ4v) is 4.04. The lowest BCUT2D eigenvalue weighted by molar-refractivity contribution is -0.117. The van der Waals surface area contributed by atoms with E-state index in [0.717, 1.165) is 23.4 Å². The van der Waals surface area contributed by atoms with Crippen LogP contribution in [0.15, 0.2) is 36.5 Å². The molecule has 1 aromatic heterocycles. The third-order valence-electron chi connectivity index (χ3n) is 5.38. The molecule has 3 atom stereocenters. The number of halogens is 1. The van der Waals surface area contributed by atoms with Gasteiger partial charge in [0.05, 0.1) is 6.04 Å². The summed E-state index contributed by atoms with van der Waals surface area (Å²) >= 11 is 0. The van der Waals surface area contributed by atoms with E-state index in [1.165, 1.54) is 25.7 Å². The van der Waals surface area contributed by atoms with Crippen LogP contribution in [-0.4, -0.2) is 28.0 Å². The van der Waals surface area contributed by atoms with E-state index in [9.17, 15) is 4.79 Å². The maximum atomic E-state index is 12.6. The Hall–Kier alpha value is -1.98. The van der Waals surface area contributed by atoms with Crippen molar-refractivity contribution in [3.8, 4) is 11.4 Å². The van der Waals surface area contributed by atoms with Gasteiger partial charge in [0.2, 0.25) is 5.91 Å². The van der Waals surface area contributed by atoms with E-state index < -0.39 is 0 Å². The lowest BCUT2D eigenvalue weighted by Gasteiger charge is -2.24. The van der Waals surface area contributed by atoms with E-state index in [4.69, 9.17) is 0 Å². The molecular weight excluding hydrogens is 348 g/mol. The zero-order valence-electron chi connectivity index (χ0n) is 14.9. The molecule has 2 fully saturated rings. The minimum Gasteiger partial charge on any atom is -0.325 e. The average molecular weight is 373 g/mol. The molecule has 4 rings (SSSR count). The van der Waals surface area contributed by atoms with Gasteiger partial charge in [-0.25, -0.2) is 9.97 Å². The largest absolute Gasteiger partial charge is 0.325 e. The second-order valence-electron chi connectivity index (χ2n) is 7.19. The lowest BCUT2D eigenvalue weighted by atomic mass is 9.85. The first kappa shape index (κ1) is 18.8. The predicted octanol–water partition coefficient (Wildman–Crippen LogP) is 3.73. The van der Waals surface area contributed by atoms with E-state index in [0.29, 0.717) is 17.8 Å². The van der Waals surface area contributed by atoms with Gasteiger partial charge in [-0.1, -0.05) is 12.8 Å². The summed E-state index contributed by atoms with van der Waals surface area (Å²) in [5, 5.41) is 6.57. The van der Waals surface area contributed by atoms with E-state index in [1.807, 2.05) is 37.3 Å². The number of hydrogen-bond acceptors (Lipinski definition) is 4. The van der Waals surface area contributed by atoms with E-state index in [1.54, 1.807) is 6.20 Å². The lowest BCUT2D eigenvalue weighted by Crippen LogP contribution is -2.39. The second-order valence-corrected chi connectivity index (χ2v) is 7.19. The van der Waals surface area contributed by atoms with Gasteiger partial charge in [0.1, 0.15) is 0 Å². The zero-order valence-corrected chi connectivity index (χ0v) is 15.8. The molecule has 0 spiro atoms. The average Bonchev–Trinajstić information content (AvgIpc) is 3.07. The molecule has 1 aliphatic carbocycles.